The van der Waals surface area contributed by atoms with Crippen molar-refractivity contribution in [2.45, 2.75) is 25.8 Å². The van der Waals surface area contributed by atoms with Crippen molar-refractivity contribution in [3.05, 3.63) is 34.1 Å². The molecule has 2 atom stereocenters. The lowest BCUT2D eigenvalue weighted by atomic mass is 9.92. The molecule has 2 rings (SSSR count). The largest absolute Gasteiger partial charge is 0.371 e. The van der Waals surface area contributed by atoms with E-state index < -0.39 is 10.7 Å². The molecule has 1 saturated heterocycles. The third kappa shape index (κ3) is 3.20. The highest BCUT2D eigenvalue weighted by atomic mass is 19.1. The Balaban J connectivity index is 2.23. The third-order valence-electron chi connectivity index (χ3n) is 3.64. The maximum atomic E-state index is 13.4. The number of anilines is 1. The molecular formula is C13H18FN3O2. The predicted molar refractivity (Wildman–Crippen MR) is 71.6 cm³/mol. The van der Waals surface area contributed by atoms with Crippen LogP contribution in [0.4, 0.5) is 15.8 Å². The number of hydrogen-bond donors (Lipinski definition) is 1. The van der Waals surface area contributed by atoms with Crippen molar-refractivity contribution in [1.29, 1.82) is 0 Å². The Labute approximate surface area is 111 Å². The average Bonchev–Trinajstić information content (AvgIpc) is 2.38. The van der Waals surface area contributed by atoms with E-state index in [1.54, 1.807) is 0 Å². The van der Waals surface area contributed by atoms with Gasteiger partial charge in [-0.2, -0.15) is 0 Å². The van der Waals surface area contributed by atoms with Gasteiger partial charge in [-0.25, -0.2) is 4.39 Å². The van der Waals surface area contributed by atoms with Crippen molar-refractivity contribution >= 4 is 11.4 Å². The predicted octanol–water partition coefficient (Wildman–Crippen LogP) is 2.30. The fourth-order valence-corrected chi connectivity index (χ4v) is 2.52. The SMILES string of the molecule is CC(N)C1CCCN(c2cc(F)cc([N+](=O)[O-])c2)C1. The zero-order valence-electron chi connectivity index (χ0n) is 10.9. The van der Waals surface area contributed by atoms with Crippen LogP contribution in [0.3, 0.4) is 0 Å². The summed E-state index contributed by atoms with van der Waals surface area (Å²) in [4.78, 5) is 12.2. The number of piperidine rings is 1. The Morgan fingerprint density at radius 3 is 2.89 bits per heavy atom. The van der Waals surface area contributed by atoms with E-state index in [4.69, 9.17) is 5.73 Å². The lowest BCUT2D eigenvalue weighted by Crippen LogP contribution is -2.42. The van der Waals surface area contributed by atoms with Crippen molar-refractivity contribution in [3.8, 4) is 0 Å². The Bertz CT molecular complexity index is 479. The number of nitro groups is 1. The Morgan fingerprint density at radius 2 is 2.26 bits per heavy atom. The van der Waals surface area contributed by atoms with Crippen LogP contribution in [0.15, 0.2) is 18.2 Å². The molecule has 1 aliphatic heterocycles. The van der Waals surface area contributed by atoms with Gasteiger partial charge in [-0.15, -0.1) is 0 Å². The minimum Gasteiger partial charge on any atom is -0.371 e. The number of non-ortho nitro benzene ring substituents is 1. The highest BCUT2D eigenvalue weighted by Gasteiger charge is 2.24. The summed E-state index contributed by atoms with van der Waals surface area (Å²) >= 11 is 0. The van der Waals surface area contributed by atoms with Crippen LogP contribution in [0, 0.1) is 21.8 Å². The van der Waals surface area contributed by atoms with E-state index in [0.717, 1.165) is 32.0 Å². The van der Waals surface area contributed by atoms with Gasteiger partial charge in [-0.05, 0) is 31.7 Å². The van der Waals surface area contributed by atoms with E-state index in [1.165, 1.54) is 12.1 Å². The van der Waals surface area contributed by atoms with Crippen LogP contribution in [0.5, 0.6) is 0 Å². The Kier molecular flexibility index (Phi) is 3.99. The molecule has 0 bridgehead atoms. The Morgan fingerprint density at radius 1 is 1.53 bits per heavy atom. The van der Waals surface area contributed by atoms with Crippen molar-refractivity contribution in [3.63, 3.8) is 0 Å². The van der Waals surface area contributed by atoms with Gasteiger partial charge in [0, 0.05) is 30.9 Å². The van der Waals surface area contributed by atoms with Gasteiger partial charge in [0.15, 0.2) is 0 Å². The molecule has 1 aromatic rings. The summed E-state index contributed by atoms with van der Waals surface area (Å²) in [6.45, 7) is 3.46. The lowest BCUT2D eigenvalue weighted by molar-refractivity contribution is -0.385. The lowest BCUT2D eigenvalue weighted by Gasteiger charge is -2.36. The summed E-state index contributed by atoms with van der Waals surface area (Å²) in [6.07, 6.45) is 2.02. The fraction of sp³-hybridized carbons (Fsp3) is 0.538. The molecule has 0 spiro atoms. The number of rotatable bonds is 3. The van der Waals surface area contributed by atoms with Gasteiger partial charge >= 0.3 is 0 Å². The standard InChI is InChI=1S/C13H18FN3O2/c1-9(15)10-3-2-4-16(8-10)12-5-11(14)6-13(7-12)17(18)19/h5-7,9-10H,2-4,8,15H2,1H3. The summed E-state index contributed by atoms with van der Waals surface area (Å²) in [5.74, 6) is -0.233. The smallest absolute Gasteiger partial charge is 0.274 e. The zero-order chi connectivity index (χ0) is 14.0. The first-order valence-electron chi connectivity index (χ1n) is 6.43. The molecule has 0 aromatic heterocycles. The number of nitrogens with two attached hydrogens (primary N) is 1. The van der Waals surface area contributed by atoms with Crippen LogP contribution in [-0.4, -0.2) is 24.1 Å². The monoisotopic (exact) mass is 267 g/mol. The number of nitrogens with zero attached hydrogens (tertiary/aromatic N) is 2. The highest BCUT2D eigenvalue weighted by Crippen LogP contribution is 2.28. The van der Waals surface area contributed by atoms with E-state index in [9.17, 15) is 14.5 Å². The summed E-state index contributed by atoms with van der Waals surface area (Å²) in [7, 11) is 0. The van der Waals surface area contributed by atoms with Gasteiger partial charge in [-0.1, -0.05) is 0 Å². The van der Waals surface area contributed by atoms with Crippen molar-refractivity contribution < 1.29 is 9.31 Å². The van der Waals surface area contributed by atoms with Gasteiger partial charge in [-0.3, -0.25) is 10.1 Å². The molecule has 0 amide bonds. The average molecular weight is 267 g/mol. The molecule has 6 heteroatoms. The summed E-state index contributed by atoms with van der Waals surface area (Å²) in [5.41, 5.74) is 6.26. The highest BCUT2D eigenvalue weighted by molar-refractivity contribution is 5.54. The number of halogens is 1. The van der Waals surface area contributed by atoms with Crippen molar-refractivity contribution in [2.24, 2.45) is 11.7 Å². The second-order valence-electron chi connectivity index (χ2n) is 5.13. The first-order valence-corrected chi connectivity index (χ1v) is 6.43. The maximum Gasteiger partial charge on any atom is 0.274 e. The minimum atomic E-state index is -0.577. The zero-order valence-corrected chi connectivity index (χ0v) is 10.9. The molecule has 2 unspecified atom stereocenters. The first kappa shape index (κ1) is 13.7. The molecule has 1 heterocycles. The van der Waals surface area contributed by atoms with Gasteiger partial charge in [0.05, 0.1) is 11.0 Å². The molecule has 0 aliphatic carbocycles. The van der Waals surface area contributed by atoms with Crippen molar-refractivity contribution in [2.75, 3.05) is 18.0 Å². The van der Waals surface area contributed by atoms with Gasteiger partial charge < -0.3 is 10.6 Å². The van der Waals surface area contributed by atoms with Gasteiger partial charge in [0.1, 0.15) is 5.82 Å². The molecule has 2 N–H and O–H groups in total. The van der Waals surface area contributed by atoms with E-state index in [0.29, 0.717) is 11.6 Å². The van der Waals surface area contributed by atoms with Crippen LogP contribution in [0.1, 0.15) is 19.8 Å². The maximum absolute atomic E-state index is 13.4. The normalized spacial score (nSPS) is 21.2. The summed E-state index contributed by atoms with van der Waals surface area (Å²) < 4.78 is 13.4. The van der Waals surface area contributed by atoms with Crippen LogP contribution in [-0.2, 0) is 0 Å². The van der Waals surface area contributed by atoms with E-state index in [1.807, 2.05) is 11.8 Å². The molecule has 19 heavy (non-hydrogen) atoms. The summed E-state index contributed by atoms with van der Waals surface area (Å²) in [6, 6.07) is 3.78. The van der Waals surface area contributed by atoms with Crippen LogP contribution >= 0.6 is 0 Å². The number of benzene rings is 1. The summed E-state index contributed by atoms with van der Waals surface area (Å²) in [5, 5.41) is 10.8. The Hall–Kier alpha value is -1.69. The van der Waals surface area contributed by atoms with Gasteiger partial charge in [0.2, 0.25) is 0 Å². The van der Waals surface area contributed by atoms with Crippen LogP contribution < -0.4 is 10.6 Å². The molecule has 1 fully saturated rings. The van der Waals surface area contributed by atoms with Crippen LogP contribution in [0.2, 0.25) is 0 Å². The fourth-order valence-electron chi connectivity index (χ4n) is 2.52. The second-order valence-corrected chi connectivity index (χ2v) is 5.13. The number of nitro benzene ring substituents is 1. The number of hydrogen-bond acceptors (Lipinski definition) is 4. The van der Waals surface area contributed by atoms with E-state index in [2.05, 4.69) is 0 Å². The van der Waals surface area contributed by atoms with Crippen LogP contribution in [0.25, 0.3) is 0 Å². The molecule has 1 aliphatic rings. The minimum absolute atomic E-state index is 0.0753. The first-order chi connectivity index (χ1) is 8.97. The van der Waals surface area contributed by atoms with E-state index in [-0.39, 0.29) is 11.7 Å². The van der Waals surface area contributed by atoms with Gasteiger partial charge in [0.25, 0.3) is 5.69 Å². The topological polar surface area (TPSA) is 72.4 Å². The second kappa shape index (κ2) is 5.52. The molecule has 0 saturated carbocycles. The molecule has 104 valence electrons. The van der Waals surface area contributed by atoms with E-state index >= 15 is 0 Å². The van der Waals surface area contributed by atoms with Crippen molar-refractivity contribution in [1.82, 2.24) is 0 Å². The molecule has 5 nitrogen and oxygen atoms in total. The molecule has 1 aromatic carbocycles. The quantitative estimate of drug-likeness (QED) is 0.673. The third-order valence-corrected chi connectivity index (χ3v) is 3.64. The molecular weight excluding hydrogens is 249 g/mol. The molecule has 0 radical (unpaired) electrons.